The van der Waals surface area contributed by atoms with Crippen LogP contribution in [0.1, 0.15) is 53.7 Å². The number of phenols is 1. The lowest BCUT2D eigenvalue weighted by molar-refractivity contribution is 0.351. The zero-order valence-electron chi connectivity index (χ0n) is 14.4. The average Bonchev–Trinajstić information content (AvgIpc) is 2.69. The van der Waals surface area contributed by atoms with E-state index in [0.29, 0.717) is 23.5 Å². The van der Waals surface area contributed by atoms with Crippen molar-refractivity contribution in [3.8, 4) is 5.75 Å². The van der Waals surface area contributed by atoms with Crippen molar-refractivity contribution in [1.82, 2.24) is 0 Å². The third-order valence-corrected chi connectivity index (χ3v) is 5.61. The molecule has 0 aliphatic heterocycles. The van der Waals surface area contributed by atoms with Crippen molar-refractivity contribution in [3.05, 3.63) is 102 Å². The molecule has 2 atom stereocenters. The molecule has 1 fully saturated rings. The highest BCUT2D eigenvalue weighted by Gasteiger charge is 2.31. The van der Waals surface area contributed by atoms with E-state index in [9.17, 15) is 5.11 Å². The fourth-order valence-electron chi connectivity index (χ4n) is 4.33. The lowest BCUT2D eigenvalue weighted by Gasteiger charge is -2.36. The van der Waals surface area contributed by atoms with Crippen molar-refractivity contribution in [3.63, 3.8) is 0 Å². The molecule has 0 heterocycles. The Labute approximate surface area is 150 Å². The molecule has 4 rings (SSSR count). The predicted molar refractivity (Wildman–Crippen MR) is 103 cm³/mol. The molecule has 3 aromatic carbocycles. The van der Waals surface area contributed by atoms with Crippen LogP contribution in [0.3, 0.4) is 0 Å². The van der Waals surface area contributed by atoms with Gasteiger partial charge in [-0.2, -0.15) is 0 Å². The van der Waals surface area contributed by atoms with Crippen molar-refractivity contribution < 1.29 is 5.11 Å². The van der Waals surface area contributed by atoms with E-state index in [2.05, 4.69) is 72.8 Å². The molecule has 0 saturated heterocycles. The van der Waals surface area contributed by atoms with Gasteiger partial charge in [-0.25, -0.2) is 0 Å². The van der Waals surface area contributed by atoms with Crippen molar-refractivity contribution in [1.29, 1.82) is 0 Å². The number of hydrogen-bond donors (Lipinski definition) is 1. The van der Waals surface area contributed by atoms with E-state index in [1.165, 1.54) is 36.0 Å². The maximum atomic E-state index is 9.62. The highest BCUT2D eigenvalue weighted by Crippen LogP contribution is 2.47. The summed E-state index contributed by atoms with van der Waals surface area (Å²) in [6.45, 7) is 0. The van der Waals surface area contributed by atoms with Gasteiger partial charge in [-0.05, 0) is 65.8 Å². The average molecular weight is 328 g/mol. The molecule has 0 spiro atoms. The smallest absolute Gasteiger partial charge is 0.115 e. The van der Waals surface area contributed by atoms with Gasteiger partial charge in [0.15, 0.2) is 0 Å². The SMILES string of the molecule is Oc1ccc(C2C[C@H](c3ccccc3)C[C@@H](c3ccccc3)C2)cc1. The number of phenolic OH excluding ortho intramolecular Hbond substituents is 1. The van der Waals surface area contributed by atoms with Gasteiger partial charge >= 0.3 is 0 Å². The highest BCUT2D eigenvalue weighted by molar-refractivity contribution is 5.32. The van der Waals surface area contributed by atoms with Crippen LogP contribution in [0.15, 0.2) is 84.9 Å². The Morgan fingerprint density at radius 3 is 1.24 bits per heavy atom. The summed E-state index contributed by atoms with van der Waals surface area (Å²) in [6, 6.07) is 29.7. The van der Waals surface area contributed by atoms with E-state index in [4.69, 9.17) is 0 Å². The first kappa shape index (κ1) is 16.0. The molecule has 0 unspecified atom stereocenters. The maximum Gasteiger partial charge on any atom is 0.115 e. The van der Waals surface area contributed by atoms with Crippen LogP contribution in [0.5, 0.6) is 5.75 Å². The Balaban J connectivity index is 1.66. The summed E-state index contributed by atoms with van der Waals surface area (Å²) >= 11 is 0. The quantitative estimate of drug-likeness (QED) is 0.604. The second kappa shape index (κ2) is 7.14. The Bertz CT molecular complexity index is 745. The van der Waals surface area contributed by atoms with Crippen LogP contribution in [0.4, 0.5) is 0 Å². The normalized spacial score (nSPS) is 23.3. The molecule has 25 heavy (non-hydrogen) atoms. The lowest BCUT2D eigenvalue weighted by Crippen LogP contribution is -2.19. The van der Waals surface area contributed by atoms with Gasteiger partial charge in [0.05, 0.1) is 0 Å². The van der Waals surface area contributed by atoms with Gasteiger partial charge in [-0.1, -0.05) is 72.8 Å². The topological polar surface area (TPSA) is 20.2 Å². The van der Waals surface area contributed by atoms with Crippen molar-refractivity contribution in [2.24, 2.45) is 0 Å². The van der Waals surface area contributed by atoms with Crippen LogP contribution >= 0.6 is 0 Å². The largest absolute Gasteiger partial charge is 0.508 e. The van der Waals surface area contributed by atoms with Crippen LogP contribution in [0.25, 0.3) is 0 Å². The molecule has 0 amide bonds. The van der Waals surface area contributed by atoms with E-state index in [1.807, 2.05) is 12.1 Å². The van der Waals surface area contributed by atoms with E-state index in [0.717, 1.165) is 0 Å². The summed E-state index contributed by atoms with van der Waals surface area (Å²) in [7, 11) is 0. The standard InChI is InChI=1S/C24H24O/c25-24-13-11-20(12-14-24)23-16-21(18-7-3-1-4-8-18)15-22(17-23)19-9-5-2-6-10-19/h1-14,21-23,25H,15-17H2/t21-,22-/m1/s1. The second-order valence-electron chi connectivity index (χ2n) is 7.21. The van der Waals surface area contributed by atoms with Gasteiger partial charge in [-0.15, -0.1) is 0 Å². The zero-order valence-corrected chi connectivity index (χ0v) is 14.4. The van der Waals surface area contributed by atoms with Crippen LogP contribution < -0.4 is 0 Å². The summed E-state index contributed by atoms with van der Waals surface area (Å²) in [5, 5.41) is 9.62. The minimum atomic E-state index is 0.346. The van der Waals surface area contributed by atoms with Crippen molar-refractivity contribution in [2.45, 2.75) is 37.0 Å². The Morgan fingerprint density at radius 1 is 0.480 bits per heavy atom. The Morgan fingerprint density at radius 2 is 0.840 bits per heavy atom. The number of rotatable bonds is 3. The molecule has 1 saturated carbocycles. The zero-order chi connectivity index (χ0) is 17.1. The van der Waals surface area contributed by atoms with Crippen LogP contribution in [0.2, 0.25) is 0 Å². The van der Waals surface area contributed by atoms with E-state index in [-0.39, 0.29) is 0 Å². The lowest BCUT2D eigenvalue weighted by atomic mass is 9.68. The van der Waals surface area contributed by atoms with Gasteiger partial charge in [0.25, 0.3) is 0 Å². The molecule has 1 heteroatoms. The molecule has 0 radical (unpaired) electrons. The van der Waals surface area contributed by atoms with Crippen LogP contribution in [0, 0.1) is 0 Å². The number of hydrogen-bond acceptors (Lipinski definition) is 1. The minimum absolute atomic E-state index is 0.346. The van der Waals surface area contributed by atoms with Crippen LogP contribution in [-0.2, 0) is 0 Å². The third-order valence-electron chi connectivity index (χ3n) is 5.61. The van der Waals surface area contributed by atoms with Gasteiger partial charge in [0.1, 0.15) is 5.75 Å². The summed E-state index contributed by atoms with van der Waals surface area (Å²) in [5.74, 6) is 2.04. The molecule has 3 aromatic rings. The number of aromatic hydroxyl groups is 1. The monoisotopic (exact) mass is 328 g/mol. The summed E-state index contributed by atoms with van der Waals surface area (Å²) in [5.41, 5.74) is 4.25. The molecule has 1 aliphatic carbocycles. The van der Waals surface area contributed by atoms with Gasteiger partial charge in [0.2, 0.25) is 0 Å². The van der Waals surface area contributed by atoms with E-state index in [1.54, 1.807) is 0 Å². The first-order valence-corrected chi connectivity index (χ1v) is 9.18. The first-order valence-electron chi connectivity index (χ1n) is 9.18. The fourth-order valence-corrected chi connectivity index (χ4v) is 4.33. The van der Waals surface area contributed by atoms with Crippen LogP contribution in [-0.4, -0.2) is 5.11 Å². The van der Waals surface area contributed by atoms with Crippen molar-refractivity contribution in [2.75, 3.05) is 0 Å². The number of benzene rings is 3. The first-order chi connectivity index (χ1) is 12.3. The van der Waals surface area contributed by atoms with E-state index < -0.39 is 0 Å². The summed E-state index contributed by atoms with van der Waals surface area (Å²) < 4.78 is 0. The molecular formula is C24H24O. The third kappa shape index (κ3) is 3.61. The molecule has 0 aromatic heterocycles. The van der Waals surface area contributed by atoms with Gasteiger partial charge in [0, 0.05) is 0 Å². The molecular weight excluding hydrogens is 304 g/mol. The summed E-state index contributed by atoms with van der Waals surface area (Å²) in [6.07, 6.45) is 3.57. The predicted octanol–water partition coefficient (Wildman–Crippen LogP) is 6.23. The molecule has 126 valence electrons. The molecule has 1 nitrogen and oxygen atoms in total. The second-order valence-corrected chi connectivity index (χ2v) is 7.21. The van der Waals surface area contributed by atoms with E-state index >= 15 is 0 Å². The molecule has 1 N–H and O–H groups in total. The minimum Gasteiger partial charge on any atom is -0.508 e. The highest BCUT2D eigenvalue weighted by atomic mass is 16.3. The molecule has 1 aliphatic rings. The molecule has 0 bridgehead atoms. The maximum absolute atomic E-state index is 9.62. The summed E-state index contributed by atoms with van der Waals surface area (Å²) in [4.78, 5) is 0. The Kier molecular flexibility index (Phi) is 4.56. The Hall–Kier alpha value is -2.54. The van der Waals surface area contributed by atoms with Crippen molar-refractivity contribution >= 4 is 0 Å². The van der Waals surface area contributed by atoms with Gasteiger partial charge in [-0.3, -0.25) is 0 Å². The van der Waals surface area contributed by atoms with Gasteiger partial charge < -0.3 is 5.11 Å². The fraction of sp³-hybridized carbons (Fsp3) is 0.250.